The molecule has 0 aliphatic rings. The van der Waals surface area contributed by atoms with E-state index >= 15 is 0 Å². The van der Waals surface area contributed by atoms with Crippen molar-refractivity contribution in [3.63, 3.8) is 0 Å². The highest BCUT2D eigenvalue weighted by Crippen LogP contribution is 2.21. The number of nitrogens with one attached hydrogen (secondary N) is 2. The Bertz CT molecular complexity index is 853. The predicted octanol–water partition coefficient (Wildman–Crippen LogP) is 3.43. The summed E-state index contributed by atoms with van der Waals surface area (Å²) < 4.78 is 26.2. The molecule has 0 radical (unpaired) electrons. The van der Waals surface area contributed by atoms with Crippen molar-refractivity contribution in [2.45, 2.75) is 17.6 Å². The van der Waals surface area contributed by atoms with Crippen molar-refractivity contribution in [1.29, 1.82) is 0 Å². The normalized spacial score (nSPS) is 11.3. The highest BCUT2D eigenvalue weighted by atomic mass is 35.5. The van der Waals surface area contributed by atoms with Gasteiger partial charge < -0.3 is 5.32 Å². The smallest absolute Gasteiger partial charge is 0.240 e. The average Bonchev–Trinajstić information content (AvgIpc) is 2.58. The standard InChI is InChI=1S/C17H19ClN2O3S2/c1-12-3-8-15(9-16(12)25(22,23)19-2)20-17(21)11-24-10-13-4-6-14(18)7-5-13/h3-9,19H,10-11H2,1-2H3,(H,20,21). The molecule has 134 valence electrons. The van der Waals surface area contributed by atoms with Gasteiger partial charge in [0.25, 0.3) is 0 Å². The first kappa shape index (κ1) is 19.8. The second kappa shape index (κ2) is 8.71. The van der Waals surface area contributed by atoms with Crippen molar-refractivity contribution in [2.24, 2.45) is 0 Å². The summed E-state index contributed by atoms with van der Waals surface area (Å²) in [4.78, 5) is 12.2. The van der Waals surface area contributed by atoms with E-state index in [-0.39, 0.29) is 16.6 Å². The number of carbonyl (C=O) groups is 1. The number of anilines is 1. The number of aryl methyl sites for hydroxylation is 1. The zero-order valence-electron chi connectivity index (χ0n) is 13.9. The van der Waals surface area contributed by atoms with Gasteiger partial charge in [-0.05, 0) is 49.4 Å². The van der Waals surface area contributed by atoms with Crippen LogP contribution in [0.1, 0.15) is 11.1 Å². The Morgan fingerprint density at radius 2 is 1.84 bits per heavy atom. The van der Waals surface area contributed by atoms with Crippen LogP contribution in [0.3, 0.4) is 0 Å². The molecule has 0 saturated carbocycles. The number of amides is 1. The Labute approximate surface area is 157 Å². The number of benzene rings is 2. The second-order valence-electron chi connectivity index (χ2n) is 5.36. The van der Waals surface area contributed by atoms with Gasteiger partial charge in [0.1, 0.15) is 0 Å². The molecular weight excluding hydrogens is 380 g/mol. The van der Waals surface area contributed by atoms with E-state index < -0.39 is 10.0 Å². The van der Waals surface area contributed by atoms with E-state index in [1.54, 1.807) is 19.1 Å². The molecule has 0 aliphatic carbocycles. The van der Waals surface area contributed by atoms with Gasteiger partial charge in [0, 0.05) is 16.5 Å². The largest absolute Gasteiger partial charge is 0.325 e. The van der Waals surface area contributed by atoms with E-state index in [4.69, 9.17) is 11.6 Å². The van der Waals surface area contributed by atoms with Gasteiger partial charge in [-0.2, -0.15) is 0 Å². The van der Waals surface area contributed by atoms with E-state index in [9.17, 15) is 13.2 Å². The average molecular weight is 399 g/mol. The fourth-order valence-electron chi connectivity index (χ4n) is 2.12. The molecular formula is C17H19ClN2O3S2. The molecule has 2 rings (SSSR count). The van der Waals surface area contributed by atoms with Gasteiger partial charge in [-0.15, -0.1) is 11.8 Å². The van der Waals surface area contributed by atoms with Gasteiger partial charge in [0.15, 0.2) is 0 Å². The second-order valence-corrected chi connectivity index (χ2v) is 8.63. The number of rotatable bonds is 7. The number of thioether (sulfide) groups is 1. The van der Waals surface area contributed by atoms with Gasteiger partial charge in [0.05, 0.1) is 10.6 Å². The third-order valence-corrected chi connectivity index (χ3v) is 6.26. The Kier molecular flexibility index (Phi) is 6.89. The lowest BCUT2D eigenvalue weighted by atomic mass is 10.2. The predicted molar refractivity (Wildman–Crippen MR) is 104 cm³/mol. The highest BCUT2D eigenvalue weighted by Gasteiger charge is 2.15. The monoisotopic (exact) mass is 398 g/mol. The maximum Gasteiger partial charge on any atom is 0.240 e. The van der Waals surface area contributed by atoms with Gasteiger partial charge in [-0.3, -0.25) is 4.79 Å². The van der Waals surface area contributed by atoms with Crippen LogP contribution in [0.2, 0.25) is 5.02 Å². The Morgan fingerprint density at radius 1 is 1.16 bits per heavy atom. The molecule has 0 heterocycles. The van der Waals surface area contributed by atoms with E-state index in [1.807, 2.05) is 24.3 Å². The van der Waals surface area contributed by atoms with Gasteiger partial charge >= 0.3 is 0 Å². The van der Waals surface area contributed by atoms with E-state index in [2.05, 4.69) is 10.0 Å². The number of carbonyl (C=O) groups excluding carboxylic acids is 1. The molecule has 2 N–H and O–H groups in total. The van der Waals surface area contributed by atoms with Crippen LogP contribution in [-0.2, 0) is 20.6 Å². The molecule has 2 aromatic carbocycles. The first-order valence-electron chi connectivity index (χ1n) is 7.48. The quantitative estimate of drug-likeness (QED) is 0.749. The molecule has 0 atom stereocenters. The van der Waals surface area contributed by atoms with Gasteiger partial charge in [0.2, 0.25) is 15.9 Å². The zero-order chi connectivity index (χ0) is 18.4. The lowest BCUT2D eigenvalue weighted by molar-refractivity contribution is -0.113. The van der Waals surface area contributed by atoms with Crippen molar-refractivity contribution in [2.75, 3.05) is 18.1 Å². The van der Waals surface area contributed by atoms with Crippen LogP contribution in [0, 0.1) is 6.92 Å². The molecule has 0 spiro atoms. The first-order valence-corrected chi connectivity index (χ1v) is 10.5. The van der Waals surface area contributed by atoms with E-state index in [0.717, 1.165) is 5.56 Å². The van der Waals surface area contributed by atoms with Crippen molar-refractivity contribution in [1.82, 2.24) is 4.72 Å². The molecule has 25 heavy (non-hydrogen) atoms. The van der Waals surface area contributed by atoms with Crippen LogP contribution in [0.4, 0.5) is 5.69 Å². The van der Waals surface area contributed by atoms with Crippen LogP contribution < -0.4 is 10.0 Å². The van der Waals surface area contributed by atoms with Crippen molar-refractivity contribution in [3.05, 3.63) is 58.6 Å². The molecule has 1 amide bonds. The Balaban J connectivity index is 1.94. The van der Waals surface area contributed by atoms with Gasteiger partial charge in [-0.1, -0.05) is 29.8 Å². The van der Waals surface area contributed by atoms with Crippen LogP contribution in [0.5, 0.6) is 0 Å². The summed E-state index contributed by atoms with van der Waals surface area (Å²) in [7, 11) is -2.21. The first-order chi connectivity index (χ1) is 11.8. The highest BCUT2D eigenvalue weighted by molar-refractivity contribution is 7.99. The lowest BCUT2D eigenvalue weighted by Gasteiger charge is -2.10. The van der Waals surface area contributed by atoms with Gasteiger partial charge in [-0.25, -0.2) is 13.1 Å². The molecule has 0 aromatic heterocycles. The summed E-state index contributed by atoms with van der Waals surface area (Å²) in [5, 5.41) is 3.41. The summed E-state index contributed by atoms with van der Waals surface area (Å²) in [6, 6.07) is 12.3. The molecule has 0 saturated heterocycles. The molecule has 0 fully saturated rings. The zero-order valence-corrected chi connectivity index (χ0v) is 16.3. The number of hydrogen-bond donors (Lipinski definition) is 2. The van der Waals surface area contributed by atoms with Crippen molar-refractivity contribution >= 4 is 45.0 Å². The molecule has 2 aromatic rings. The van der Waals surface area contributed by atoms with Crippen molar-refractivity contribution < 1.29 is 13.2 Å². The summed E-state index contributed by atoms with van der Waals surface area (Å²) in [6.45, 7) is 1.71. The summed E-state index contributed by atoms with van der Waals surface area (Å²) >= 11 is 7.31. The number of sulfonamides is 1. The van der Waals surface area contributed by atoms with E-state index in [1.165, 1.54) is 24.9 Å². The molecule has 0 aliphatic heterocycles. The molecule has 0 unspecified atom stereocenters. The minimum Gasteiger partial charge on any atom is -0.325 e. The number of halogens is 1. The maximum absolute atomic E-state index is 12.1. The minimum absolute atomic E-state index is 0.154. The van der Waals surface area contributed by atoms with Crippen LogP contribution >= 0.6 is 23.4 Å². The summed E-state index contributed by atoms with van der Waals surface area (Å²) in [5.74, 6) is 0.776. The molecule has 5 nitrogen and oxygen atoms in total. The third kappa shape index (κ3) is 5.74. The van der Waals surface area contributed by atoms with Crippen LogP contribution in [-0.4, -0.2) is 27.1 Å². The third-order valence-electron chi connectivity index (χ3n) is 3.45. The molecule has 8 heteroatoms. The van der Waals surface area contributed by atoms with Crippen molar-refractivity contribution in [3.8, 4) is 0 Å². The molecule has 0 bridgehead atoms. The van der Waals surface area contributed by atoms with Crippen LogP contribution in [0.25, 0.3) is 0 Å². The topological polar surface area (TPSA) is 75.3 Å². The summed E-state index contributed by atoms with van der Waals surface area (Å²) in [5.41, 5.74) is 2.15. The fourth-order valence-corrected chi connectivity index (χ4v) is 4.02. The van der Waals surface area contributed by atoms with Crippen LogP contribution in [0.15, 0.2) is 47.4 Å². The Morgan fingerprint density at radius 3 is 2.48 bits per heavy atom. The van der Waals surface area contributed by atoms with E-state index in [0.29, 0.717) is 22.0 Å². The SMILES string of the molecule is CNS(=O)(=O)c1cc(NC(=O)CSCc2ccc(Cl)cc2)ccc1C. The lowest BCUT2D eigenvalue weighted by Crippen LogP contribution is -2.20. The minimum atomic E-state index is -3.56. The number of hydrogen-bond acceptors (Lipinski definition) is 4. The fraction of sp³-hybridized carbons (Fsp3) is 0.235. The maximum atomic E-state index is 12.1. The Hall–Kier alpha value is -1.54. The summed E-state index contributed by atoms with van der Waals surface area (Å²) in [6.07, 6.45) is 0.